The molecule has 0 unspecified atom stereocenters. The second-order valence-electron chi connectivity index (χ2n) is 9.03. The number of benzene rings is 2. The molecule has 7 nitrogen and oxygen atoms in total. The minimum absolute atomic E-state index is 0.122. The molecule has 0 fully saturated rings. The molecule has 1 aromatic heterocycles. The van der Waals surface area contributed by atoms with Crippen LogP contribution in [0.4, 0.5) is 5.69 Å². The van der Waals surface area contributed by atoms with E-state index in [0.29, 0.717) is 17.9 Å². The number of hydrogen-bond donors (Lipinski definition) is 1. The molecular weight excluding hydrogens is 424 g/mol. The molecule has 0 bridgehead atoms. The van der Waals surface area contributed by atoms with E-state index in [1.54, 1.807) is 16.8 Å². The number of carbonyl (C=O) groups excluding carboxylic acids is 1. The van der Waals surface area contributed by atoms with Gasteiger partial charge in [0, 0.05) is 25.2 Å². The van der Waals surface area contributed by atoms with Crippen LogP contribution in [-0.4, -0.2) is 42.5 Å². The maximum atomic E-state index is 13.3. The van der Waals surface area contributed by atoms with E-state index >= 15 is 0 Å². The summed E-state index contributed by atoms with van der Waals surface area (Å²) in [7, 11) is -0.665. The van der Waals surface area contributed by atoms with Crippen molar-refractivity contribution in [2.45, 2.75) is 44.6 Å². The lowest BCUT2D eigenvalue weighted by Crippen LogP contribution is -2.23. The highest BCUT2D eigenvalue weighted by atomic mass is 32.2. The first-order chi connectivity index (χ1) is 14.9. The van der Waals surface area contributed by atoms with Crippen LogP contribution >= 0.6 is 0 Å². The summed E-state index contributed by atoms with van der Waals surface area (Å²) in [5, 5.41) is 7.58. The summed E-state index contributed by atoms with van der Waals surface area (Å²) in [6.45, 7) is 8.41. The summed E-state index contributed by atoms with van der Waals surface area (Å²) < 4.78 is 27.9. The quantitative estimate of drug-likeness (QED) is 0.609. The number of anilines is 1. The predicted molar refractivity (Wildman–Crippen MR) is 126 cm³/mol. The van der Waals surface area contributed by atoms with E-state index < -0.39 is 10.0 Å². The highest BCUT2D eigenvalue weighted by Gasteiger charge is 2.24. The van der Waals surface area contributed by atoms with Crippen molar-refractivity contribution in [2.75, 3.05) is 19.4 Å². The number of amides is 1. The number of carbonyl (C=O) groups is 1. The Balaban J connectivity index is 1.98. The Morgan fingerprint density at radius 2 is 1.72 bits per heavy atom. The van der Waals surface area contributed by atoms with Gasteiger partial charge in [0.25, 0.3) is 5.91 Å². The van der Waals surface area contributed by atoms with Crippen molar-refractivity contribution in [1.82, 2.24) is 14.1 Å². The van der Waals surface area contributed by atoms with Gasteiger partial charge < -0.3 is 5.32 Å². The molecule has 0 aliphatic heterocycles. The molecule has 3 rings (SSSR count). The molecule has 0 spiro atoms. The summed E-state index contributed by atoms with van der Waals surface area (Å²) in [5.41, 5.74) is 3.23. The molecule has 1 amide bonds. The van der Waals surface area contributed by atoms with Crippen molar-refractivity contribution >= 4 is 21.6 Å². The van der Waals surface area contributed by atoms with E-state index in [1.165, 1.54) is 26.2 Å². The van der Waals surface area contributed by atoms with E-state index in [-0.39, 0.29) is 16.2 Å². The molecule has 2 aromatic carbocycles. The summed E-state index contributed by atoms with van der Waals surface area (Å²) in [4.78, 5) is 13.4. The van der Waals surface area contributed by atoms with Gasteiger partial charge in [-0.05, 0) is 36.2 Å². The molecule has 0 saturated heterocycles. The molecule has 0 radical (unpaired) electrons. The number of aryl methyl sites for hydroxylation is 1. The summed E-state index contributed by atoms with van der Waals surface area (Å²) in [6.07, 6.45) is 0. The lowest BCUT2D eigenvalue weighted by atomic mass is 9.92. The molecule has 1 N–H and O–H groups in total. The topological polar surface area (TPSA) is 84.3 Å². The van der Waals surface area contributed by atoms with Gasteiger partial charge in [0.05, 0.1) is 17.1 Å². The Bertz CT molecular complexity index is 1220. The molecule has 0 aliphatic rings. The van der Waals surface area contributed by atoms with Gasteiger partial charge in [-0.25, -0.2) is 12.7 Å². The second-order valence-corrected chi connectivity index (χ2v) is 11.2. The number of nitrogens with zero attached hydrogens (tertiary/aromatic N) is 3. The van der Waals surface area contributed by atoms with Gasteiger partial charge in [-0.3, -0.25) is 9.48 Å². The van der Waals surface area contributed by atoms with Gasteiger partial charge in [0.15, 0.2) is 0 Å². The van der Waals surface area contributed by atoms with Crippen LogP contribution in [0.3, 0.4) is 0 Å². The first-order valence-electron chi connectivity index (χ1n) is 10.4. The number of hydrogen-bond acceptors (Lipinski definition) is 4. The van der Waals surface area contributed by atoms with Crippen LogP contribution in [-0.2, 0) is 22.0 Å². The average molecular weight is 455 g/mol. The van der Waals surface area contributed by atoms with Crippen LogP contribution < -0.4 is 5.32 Å². The van der Waals surface area contributed by atoms with Gasteiger partial charge in [-0.2, -0.15) is 5.10 Å². The largest absolute Gasteiger partial charge is 0.320 e. The van der Waals surface area contributed by atoms with E-state index in [0.717, 1.165) is 21.1 Å². The van der Waals surface area contributed by atoms with Crippen molar-refractivity contribution in [1.29, 1.82) is 0 Å². The Morgan fingerprint density at radius 3 is 2.31 bits per heavy atom. The minimum Gasteiger partial charge on any atom is -0.320 e. The zero-order chi connectivity index (χ0) is 23.7. The number of sulfonamides is 1. The fourth-order valence-electron chi connectivity index (χ4n) is 3.14. The Kier molecular flexibility index (Phi) is 6.57. The van der Waals surface area contributed by atoms with Crippen LogP contribution in [0.2, 0.25) is 0 Å². The smallest absolute Gasteiger partial charge is 0.273 e. The predicted octanol–water partition coefficient (Wildman–Crippen LogP) is 4.04. The van der Waals surface area contributed by atoms with E-state index in [4.69, 9.17) is 5.10 Å². The van der Waals surface area contributed by atoms with Crippen LogP contribution in [0.5, 0.6) is 0 Å². The van der Waals surface area contributed by atoms with Crippen molar-refractivity contribution in [2.24, 2.45) is 0 Å². The highest BCUT2D eigenvalue weighted by Crippen LogP contribution is 2.25. The van der Waals surface area contributed by atoms with Gasteiger partial charge >= 0.3 is 0 Å². The fraction of sp³-hybridized carbons (Fsp3) is 0.333. The molecule has 3 aromatic rings. The summed E-state index contributed by atoms with van der Waals surface area (Å²) in [5.74, 6) is -0.341. The molecule has 0 saturated carbocycles. The van der Waals surface area contributed by atoms with Crippen LogP contribution in [0.25, 0.3) is 0 Å². The van der Waals surface area contributed by atoms with E-state index in [1.807, 2.05) is 58.0 Å². The maximum absolute atomic E-state index is 13.3. The fourth-order valence-corrected chi connectivity index (χ4v) is 4.06. The van der Waals surface area contributed by atoms with Gasteiger partial charge in [0.1, 0.15) is 5.69 Å². The SMILES string of the molecule is Cc1ccc(S(=O)(=O)N(C)C)cc1NC(=O)c1cc(C(C)(C)C)nn1Cc1ccccc1. The van der Waals surface area contributed by atoms with Gasteiger partial charge in [0.2, 0.25) is 10.0 Å². The van der Waals surface area contributed by atoms with Crippen molar-refractivity contribution < 1.29 is 13.2 Å². The Labute approximate surface area is 190 Å². The third kappa shape index (κ3) is 5.08. The van der Waals surface area contributed by atoms with Crippen LogP contribution in [0, 0.1) is 6.92 Å². The lowest BCUT2D eigenvalue weighted by Gasteiger charge is -2.15. The summed E-state index contributed by atoms with van der Waals surface area (Å²) >= 11 is 0. The maximum Gasteiger partial charge on any atom is 0.273 e. The average Bonchev–Trinajstić information content (AvgIpc) is 3.14. The first-order valence-corrected chi connectivity index (χ1v) is 11.8. The Morgan fingerprint density at radius 1 is 1.06 bits per heavy atom. The molecule has 8 heteroatoms. The lowest BCUT2D eigenvalue weighted by molar-refractivity contribution is 0.101. The van der Waals surface area contributed by atoms with E-state index in [2.05, 4.69) is 5.32 Å². The third-order valence-electron chi connectivity index (χ3n) is 5.19. The normalized spacial score (nSPS) is 12.2. The minimum atomic E-state index is -3.62. The highest BCUT2D eigenvalue weighted by molar-refractivity contribution is 7.89. The number of aromatic nitrogens is 2. The van der Waals surface area contributed by atoms with Crippen molar-refractivity contribution in [3.05, 3.63) is 77.1 Å². The van der Waals surface area contributed by atoms with Crippen molar-refractivity contribution in [3.8, 4) is 0 Å². The second kappa shape index (κ2) is 8.88. The molecule has 0 atom stereocenters. The first kappa shape index (κ1) is 23.7. The van der Waals surface area contributed by atoms with Gasteiger partial charge in [-0.15, -0.1) is 0 Å². The van der Waals surface area contributed by atoms with Crippen molar-refractivity contribution in [3.63, 3.8) is 0 Å². The zero-order valence-corrected chi connectivity index (χ0v) is 20.2. The van der Waals surface area contributed by atoms with Gasteiger partial charge in [-0.1, -0.05) is 57.2 Å². The number of rotatable bonds is 6. The Hall–Kier alpha value is -2.97. The molecular formula is C24H30N4O3S. The zero-order valence-electron chi connectivity index (χ0n) is 19.4. The van der Waals surface area contributed by atoms with E-state index in [9.17, 15) is 13.2 Å². The van der Waals surface area contributed by atoms with Crippen LogP contribution in [0.15, 0.2) is 59.5 Å². The molecule has 32 heavy (non-hydrogen) atoms. The summed E-state index contributed by atoms with van der Waals surface area (Å²) in [6, 6.07) is 16.3. The third-order valence-corrected chi connectivity index (χ3v) is 7.00. The standard InChI is InChI=1S/C24H30N4O3S/c1-17-12-13-19(32(30,31)27(5)6)14-20(17)25-23(29)21-15-22(24(2,3)4)26-28(21)16-18-10-8-7-9-11-18/h7-15H,16H2,1-6H3,(H,25,29). The number of nitrogens with one attached hydrogen (secondary N) is 1. The molecule has 170 valence electrons. The monoisotopic (exact) mass is 454 g/mol. The molecule has 0 aliphatic carbocycles. The molecule has 1 heterocycles. The van der Waals surface area contributed by atoms with Crippen LogP contribution in [0.1, 0.15) is 48.1 Å².